The molecule has 2 N–H and O–H groups in total. The summed E-state index contributed by atoms with van der Waals surface area (Å²) in [4.78, 5) is 11.7. The first-order valence-corrected chi connectivity index (χ1v) is 7.75. The molecule has 108 valence electrons. The molecule has 0 saturated heterocycles. The van der Waals surface area contributed by atoms with E-state index in [9.17, 15) is 4.79 Å². The van der Waals surface area contributed by atoms with E-state index in [1.165, 1.54) is 0 Å². The molecule has 0 atom stereocenters. The molecular formula is C15H15N3O2S. The topological polar surface area (TPSA) is 70.9 Å². The number of H-pyrrole nitrogens is 1. The monoisotopic (exact) mass is 301 g/mol. The predicted octanol–water partition coefficient (Wildman–Crippen LogP) is 1.54. The quantitative estimate of drug-likeness (QED) is 0.664. The number of thioether (sulfide) groups is 1. The van der Waals surface area contributed by atoms with Crippen LogP contribution in [0.2, 0.25) is 0 Å². The highest BCUT2D eigenvalue weighted by atomic mass is 32.2. The highest BCUT2D eigenvalue weighted by molar-refractivity contribution is 7.98. The number of aliphatic hydroxyl groups is 1. The fourth-order valence-corrected chi connectivity index (χ4v) is 3.03. The maximum absolute atomic E-state index is 11.7. The van der Waals surface area contributed by atoms with E-state index < -0.39 is 0 Å². The lowest BCUT2D eigenvalue weighted by molar-refractivity contribution is 0.350. The molecule has 0 amide bonds. The molecule has 1 aliphatic rings. The van der Waals surface area contributed by atoms with Gasteiger partial charge in [-0.3, -0.25) is 4.57 Å². The summed E-state index contributed by atoms with van der Waals surface area (Å²) in [7, 11) is 0. The number of hydrogen-bond acceptors (Lipinski definition) is 4. The Bertz CT molecular complexity index is 750. The minimum Gasteiger partial charge on any atom is -0.384 e. The predicted molar refractivity (Wildman–Crippen MR) is 81.1 cm³/mol. The van der Waals surface area contributed by atoms with Crippen molar-refractivity contribution in [2.45, 2.75) is 29.8 Å². The van der Waals surface area contributed by atoms with Crippen LogP contribution >= 0.6 is 11.8 Å². The van der Waals surface area contributed by atoms with Crippen LogP contribution in [-0.4, -0.2) is 26.5 Å². The van der Waals surface area contributed by atoms with Crippen LogP contribution in [0.3, 0.4) is 0 Å². The zero-order valence-electron chi connectivity index (χ0n) is 11.4. The second kappa shape index (κ2) is 6.20. The maximum atomic E-state index is 11.7. The van der Waals surface area contributed by atoms with Crippen LogP contribution in [0.1, 0.15) is 30.0 Å². The molecule has 1 aromatic carbocycles. The highest BCUT2D eigenvalue weighted by Gasteiger charge is 2.28. The number of hydrogen-bond donors (Lipinski definition) is 2. The van der Waals surface area contributed by atoms with Gasteiger partial charge in [-0.2, -0.15) is 0 Å². The van der Waals surface area contributed by atoms with Gasteiger partial charge in [0.1, 0.15) is 6.61 Å². The molecule has 0 spiro atoms. The highest BCUT2D eigenvalue weighted by Crippen LogP contribution is 2.36. The molecule has 6 heteroatoms. The van der Waals surface area contributed by atoms with E-state index in [1.807, 2.05) is 24.3 Å². The number of aromatic amines is 1. The van der Waals surface area contributed by atoms with E-state index in [2.05, 4.69) is 22.0 Å². The smallest absolute Gasteiger partial charge is 0.344 e. The lowest BCUT2D eigenvalue weighted by Gasteiger charge is -2.04. The second-order valence-corrected chi connectivity index (χ2v) is 5.80. The van der Waals surface area contributed by atoms with E-state index >= 15 is 0 Å². The van der Waals surface area contributed by atoms with E-state index in [0.717, 1.165) is 34.9 Å². The third-order valence-electron chi connectivity index (χ3n) is 3.19. The Balaban J connectivity index is 1.72. The van der Waals surface area contributed by atoms with Crippen LogP contribution in [0.5, 0.6) is 0 Å². The normalized spacial score (nSPS) is 13.8. The Kier molecular flexibility index (Phi) is 4.13. The molecule has 1 fully saturated rings. The van der Waals surface area contributed by atoms with Gasteiger partial charge in [-0.1, -0.05) is 35.7 Å². The van der Waals surface area contributed by atoms with Crippen molar-refractivity contribution in [2.75, 3.05) is 6.61 Å². The third kappa shape index (κ3) is 3.38. The van der Waals surface area contributed by atoms with E-state index in [1.54, 1.807) is 16.3 Å². The lowest BCUT2D eigenvalue weighted by Crippen LogP contribution is -2.16. The van der Waals surface area contributed by atoms with Gasteiger partial charge in [0, 0.05) is 17.4 Å². The molecule has 5 nitrogen and oxygen atoms in total. The van der Waals surface area contributed by atoms with E-state index in [4.69, 9.17) is 5.11 Å². The average Bonchev–Trinajstić information content (AvgIpc) is 3.27. The lowest BCUT2D eigenvalue weighted by atomic mass is 10.1. The van der Waals surface area contributed by atoms with Crippen LogP contribution in [0, 0.1) is 11.8 Å². The number of aromatic nitrogens is 3. The molecule has 1 aromatic heterocycles. The van der Waals surface area contributed by atoms with Crippen LogP contribution < -0.4 is 5.69 Å². The van der Waals surface area contributed by atoms with Crippen molar-refractivity contribution in [2.24, 2.45) is 0 Å². The first kappa shape index (κ1) is 14.0. The first-order valence-electron chi connectivity index (χ1n) is 6.76. The number of rotatable bonds is 4. The summed E-state index contributed by atoms with van der Waals surface area (Å²) in [6.07, 6.45) is 2.11. The van der Waals surface area contributed by atoms with Gasteiger partial charge in [-0.25, -0.2) is 9.89 Å². The van der Waals surface area contributed by atoms with Gasteiger partial charge in [0.05, 0.1) is 0 Å². The Labute approximate surface area is 126 Å². The zero-order valence-corrected chi connectivity index (χ0v) is 12.2. The molecule has 0 aliphatic heterocycles. The van der Waals surface area contributed by atoms with Crippen molar-refractivity contribution in [3.8, 4) is 11.8 Å². The van der Waals surface area contributed by atoms with Crippen molar-refractivity contribution < 1.29 is 5.11 Å². The number of nitrogens with one attached hydrogen (secondary N) is 1. The van der Waals surface area contributed by atoms with Gasteiger partial charge in [-0.15, -0.1) is 5.10 Å². The van der Waals surface area contributed by atoms with Crippen LogP contribution in [0.4, 0.5) is 0 Å². The Morgan fingerprint density at radius 2 is 2.33 bits per heavy atom. The molecule has 3 rings (SSSR count). The molecule has 21 heavy (non-hydrogen) atoms. The van der Waals surface area contributed by atoms with Gasteiger partial charge >= 0.3 is 5.69 Å². The Morgan fingerprint density at radius 3 is 3.10 bits per heavy atom. The minimum absolute atomic E-state index is 0.123. The summed E-state index contributed by atoms with van der Waals surface area (Å²) in [5, 5.41) is 16.1. The van der Waals surface area contributed by atoms with Gasteiger partial charge < -0.3 is 5.11 Å². The number of aliphatic hydroxyl groups excluding tert-OH is 1. The summed E-state index contributed by atoms with van der Waals surface area (Å²) in [5.41, 5.74) is 1.87. The number of benzene rings is 1. The summed E-state index contributed by atoms with van der Waals surface area (Å²) in [6.45, 7) is -0.139. The molecule has 1 aliphatic carbocycles. The average molecular weight is 301 g/mol. The molecule has 2 aromatic rings. The van der Waals surface area contributed by atoms with E-state index in [-0.39, 0.29) is 12.3 Å². The molecule has 0 radical (unpaired) electrons. The molecule has 1 saturated carbocycles. The Hall–Kier alpha value is -1.97. The van der Waals surface area contributed by atoms with Gasteiger partial charge in [0.15, 0.2) is 5.16 Å². The summed E-state index contributed by atoms with van der Waals surface area (Å²) >= 11 is 1.54. The second-order valence-electron chi connectivity index (χ2n) is 4.86. The van der Waals surface area contributed by atoms with Gasteiger partial charge in [-0.05, 0) is 30.5 Å². The molecular weight excluding hydrogens is 286 g/mol. The van der Waals surface area contributed by atoms with Crippen LogP contribution in [-0.2, 0) is 5.75 Å². The summed E-state index contributed by atoms with van der Waals surface area (Å²) in [5.74, 6) is 6.26. The van der Waals surface area contributed by atoms with Crippen molar-refractivity contribution in [3.63, 3.8) is 0 Å². The first-order chi connectivity index (χ1) is 10.3. The maximum Gasteiger partial charge on any atom is 0.344 e. The molecule has 0 unspecified atom stereocenters. The van der Waals surface area contributed by atoms with E-state index in [0.29, 0.717) is 6.04 Å². The molecule has 1 heterocycles. The van der Waals surface area contributed by atoms with Crippen molar-refractivity contribution in [1.29, 1.82) is 0 Å². The Morgan fingerprint density at radius 1 is 1.48 bits per heavy atom. The van der Waals surface area contributed by atoms with Crippen molar-refractivity contribution in [3.05, 3.63) is 45.9 Å². The minimum atomic E-state index is -0.139. The fraction of sp³-hybridized carbons (Fsp3) is 0.333. The SMILES string of the molecule is O=c1[nH]nc(SCc2cccc(C#CCO)c2)n1C1CC1. The molecule has 0 bridgehead atoms. The van der Waals surface area contributed by atoms with Gasteiger partial charge in [0.25, 0.3) is 0 Å². The largest absolute Gasteiger partial charge is 0.384 e. The standard InChI is InChI=1S/C15H15N3O2S/c19-8-2-5-11-3-1-4-12(9-11)10-21-15-17-16-14(20)18(15)13-6-7-13/h1,3-4,9,13,19H,6-8,10H2,(H,16,20). The van der Waals surface area contributed by atoms with Gasteiger partial charge in [0.2, 0.25) is 0 Å². The van der Waals surface area contributed by atoms with Crippen LogP contribution in [0.25, 0.3) is 0 Å². The third-order valence-corrected chi connectivity index (χ3v) is 4.21. The fourth-order valence-electron chi connectivity index (χ4n) is 2.08. The van der Waals surface area contributed by atoms with Crippen molar-refractivity contribution in [1.82, 2.24) is 14.8 Å². The number of nitrogens with zero attached hydrogens (tertiary/aromatic N) is 2. The van der Waals surface area contributed by atoms with Crippen LogP contribution in [0.15, 0.2) is 34.2 Å². The summed E-state index contributed by atoms with van der Waals surface area (Å²) in [6, 6.07) is 8.17. The summed E-state index contributed by atoms with van der Waals surface area (Å²) < 4.78 is 1.75. The zero-order chi connectivity index (χ0) is 14.7. The van der Waals surface area contributed by atoms with Crippen molar-refractivity contribution >= 4 is 11.8 Å².